The maximum Gasteiger partial charge on any atom is 0.335 e. The zero-order valence-electron chi connectivity index (χ0n) is 21.2. The smallest absolute Gasteiger partial charge is 0.335 e. The van der Waals surface area contributed by atoms with Crippen LogP contribution >= 0.6 is 22.6 Å². The summed E-state index contributed by atoms with van der Waals surface area (Å²) in [5, 5.41) is 2.25. The van der Waals surface area contributed by atoms with Crippen molar-refractivity contribution in [1.82, 2.24) is 5.32 Å². The van der Waals surface area contributed by atoms with Crippen molar-refractivity contribution in [1.29, 1.82) is 0 Å². The van der Waals surface area contributed by atoms with Gasteiger partial charge in [0.05, 0.1) is 22.5 Å². The Kier molecular flexibility index (Phi) is 8.67. The summed E-state index contributed by atoms with van der Waals surface area (Å²) in [6.45, 7) is 7.02. The number of urea groups is 1. The van der Waals surface area contributed by atoms with E-state index in [-0.39, 0.29) is 5.57 Å². The molecule has 0 saturated carbocycles. The zero-order valence-corrected chi connectivity index (χ0v) is 23.4. The number of amides is 4. The van der Waals surface area contributed by atoms with Crippen molar-refractivity contribution < 1.29 is 28.6 Å². The lowest BCUT2D eigenvalue weighted by molar-refractivity contribution is -0.122. The molecule has 4 rings (SSSR count). The summed E-state index contributed by atoms with van der Waals surface area (Å²) >= 11 is 2.11. The predicted octanol–water partition coefficient (Wildman–Crippen LogP) is 5.64. The van der Waals surface area contributed by atoms with Crippen molar-refractivity contribution in [2.24, 2.45) is 0 Å². The van der Waals surface area contributed by atoms with E-state index in [1.807, 2.05) is 45.0 Å². The third-order valence-electron chi connectivity index (χ3n) is 5.65. The first-order valence-electron chi connectivity index (χ1n) is 12.1. The Bertz CT molecular complexity index is 1380. The molecule has 1 N–H and O–H groups in total. The molecule has 8 nitrogen and oxygen atoms in total. The number of barbiturate groups is 1. The number of hydrogen-bond acceptors (Lipinski definition) is 6. The molecule has 3 aromatic rings. The fraction of sp³-hybridized carbons (Fsp3) is 0.207. The molecule has 1 heterocycles. The van der Waals surface area contributed by atoms with Gasteiger partial charge in [-0.15, -0.1) is 0 Å². The summed E-state index contributed by atoms with van der Waals surface area (Å²) in [4.78, 5) is 39.5. The van der Waals surface area contributed by atoms with E-state index in [0.29, 0.717) is 48.3 Å². The standard InChI is InChI=1S/C29H27IN2O6/c1-4-36-25-16-20(15-24(30)26(25)37-5-2)14-23-27(33)31-29(35)32(28(23)34)21-10-12-22(13-11-21)38-17-19-8-6-18(3)7-9-19/h6-16H,4-5,17H2,1-3H3,(H,31,33,35)/b23-14+. The van der Waals surface area contributed by atoms with Gasteiger partial charge >= 0.3 is 6.03 Å². The van der Waals surface area contributed by atoms with Crippen LogP contribution in [0.3, 0.4) is 0 Å². The third kappa shape index (κ3) is 6.16. The lowest BCUT2D eigenvalue weighted by atomic mass is 10.1. The van der Waals surface area contributed by atoms with Crippen molar-refractivity contribution in [3.05, 3.63) is 86.5 Å². The Balaban J connectivity index is 1.56. The molecule has 1 fully saturated rings. The number of nitrogens with one attached hydrogen (secondary N) is 1. The Morgan fingerprint density at radius 3 is 2.24 bits per heavy atom. The van der Waals surface area contributed by atoms with Crippen LogP contribution in [0.5, 0.6) is 17.2 Å². The van der Waals surface area contributed by atoms with Gasteiger partial charge in [-0.3, -0.25) is 14.9 Å². The maximum absolute atomic E-state index is 13.3. The SMILES string of the molecule is CCOc1cc(/C=C2\C(=O)NC(=O)N(c3ccc(OCc4ccc(C)cc4)cc3)C2=O)cc(I)c1OCC. The fourth-order valence-electron chi connectivity index (χ4n) is 3.82. The van der Waals surface area contributed by atoms with E-state index in [2.05, 4.69) is 27.9 Å². The molecule has 3 aromatic carbocycles. The van der Waals surface area contributed by atoms with Gasteiger partial charge < -0.3 is 14.2 Å². The quantitative estimate of drug-likeness (QED) is 0.188. The Morgan fingerprint density at radius 2 is 1.58 bits per heavy atom. The molecule has 38 heavy (non-hydrogen) atoms. The Morgan fingerprint density at radius 1 is 0.895 bits per heavy atom. The normalized spacial score (nSPS) is 14.5. The molecule has 0 aromatic heterocycles. The van der Waals surface area contributed by atoms with E-state index >= 15 is 0 Å². The lowest BCUT2D eigenvalue weighted by Crippen LogP contribution is -2.54. The third-order valence-corrected chi connectivity index (χ3v) is 6.46. The van der Waals surface area contributed by atoms with Crippen molar-refractivity contribution in [3.8, 4) is 17.2 Å². The molecule has 1 aliphatic rings. The number of imide groups is 2. The highest BCUT2D eigenvalue weighted by Crippen LogP contribution is 2.35. The van der Waals surface area contributed by atoms with Gasteiger partial charge in [0.15, 0.2) is 11.5 Å². The zero-order chi connectivity index (χ0) is 27.2. The van der Waals surface area contributed by atoms with Gasteiger partial charge in [0.2, 0.25) is 0 Å². The molecular formula is C29H27IN2O6. The van der Waals surface area contributed by atoms with E-state index in [1.54, 1.807) is 36.4 Å². The topological polar surface area (TPSA) is 94.2 Å². The van der Waals surface area contributed by atoms with E-state index in [9.17, 15) is 14.4 Å². The molecule has 0 atom stereocenters. The van der Waals surface area contributed by atoms with E-state index < -0.39 is 17.8 Å². The van der Waals surface area contributed by atoms with Crippen LogP contribution in [0.15, 0.2) is 66.2 Å². The molecule has 4 amide bonds. The molecular weight excluding hydrogens is 599 g/mol. The average molecular weight is 626 g/mol. The molecule has 9 heteroatoms. The van der Waals surface area contributed by atoms with Crippen LogP contribution in [0.25, 0.3) is 6.08 Å². The second kappa shape index (κ2) is 12.1. The van der Waals surface area contributed by atoms with E-state index in [1.165, 1.54) is 11.6 Å². The van der Waals surface area contributed by atoms with Gasteiger partial charge in [-0.25, -0.2) is 9.69 Å². The number of hydrogen-bond donors (Lipinski definition) is 1. The Labute approximate surface area is 234 Å². The summed E-state index contributed by atoms with van der Waals surface area (Å²) in [6, 6.07) is 17.2. The van der Waals surface area contributed by atoms with Crippen molar-refractivity contribution in [2.75, 3.05) is 18.1 Å². The van der Waals surface area contributed by atoms with Crippen LogP contribution in [0, 0.1) is 10.5 Å². The summed E-state index contributed by atoms with van der Waals surface area (Å²) in [5.41, 5.74) is 2.89. The van der Waals surface area contributed by atoms with Crippen molar-refractivity contribution >= 4 is 52.2 Å². The molecule has 0 radical (unpaired) electrons. The summed E-state index contributed by atoms with van der Waals surface area (Å²) < 4.78 is 18.0. The van der Waals surface area contributed by atoms with Crippen LogP contribution in [0.2, 0.25) is 0 Å². The van der Waals surface area contributed by atoms with Gasteiger partial charge in [-0.2, -0.15) is 0 Å². The van der Waals surface area contributed by atoms with Crippen LogP contribution in [-0.4, -0.2) is 31.1 Å². The number of rotatable bonds is 9. The molecule has 196 valence electrons. The number of nitrogens with zero attached hydrogens (tertiary/aromatic N) is 1. The van der Waals surface area contributed by atoms with Gasteiger partial charge in [0.1, 0.15) is 17.9 Å². The minimum Gasteiger partial charge on any atom is -0.490 e. The first-order chi connectivity index (χ1) is 18.3. The van der Waals surface area contributed by atoms with Crippen LogP contribution in [0.1, 0.15) is 30.5 Å². The number of carbonyl (C=O) groups is 3. The average Bonchev–Trinajstić information content (AvgIpc) is 2.89. The maximum atomic E-state index is 13.3. The fourth-order valence-corrected chi connectivity index (χ4v) is 4.60. The van der Waals surface area contributed by atoms with Crippen molar-refractivity contribution in [2.45, 2.75) is 27.4 Å². The molecule has 0 spiro atoms. The van der Waals surface area contributed by atoms with Gasteiger partial charge in [0.25, 0.3) is 11.8 Å². The summed E-state index contributed by atoms with van der Waals surface area (Å²) in [6.07, 6.45) is 1.44. The summed E-state index contributed by atoms with van der Waals surface area (Å²) in [5.74, 6) is 0.187. The highest BCUT2D eigenvalue weighted by atomic mass is 127. The predicted molar refractivity (Wildman–Crippen MR) is 152 cm³/mol. The van der Waals surface area contributed by atoms with Crippen molar-refractivity contribution in [3.63, 3.8) is 0 Å². The van der Waals surface area contributed by atoms with Gasteiger partial charge in [-0.1, -0.05) is 29.8 Å². The second-order valence-corrected chi connectivity index (χ2v) is 9.58. The number of carbonyl (C=O) groups excluding carboxylic acids is 3. The number of ether oxygens (including phenoxy) is 3. The van der Waals surface area contributed by atoms with E-state index in [4.69, 9.17) is 14.2 Å². The molecule has 0 unspecified atom stereocenters. The van der Waals surface area contributed by atoms with Gasteiger partial charge in [-0.05, 0) is 97.0 Å². The highest BCUT2D eigenvalue weighted by molar-refractivity contribution is 14.1. The molecule has 0 bridgehead atoms. The number of halogens is 1. The minimum absolute atomic E-state index is 0.174. The minimum atomic E-state index is -0.818. The molecule has 1 saturated heterocycles. The number of aryl methyl sites for hydroxylation is 1. The molecule has 1 aliphatic heterocycles. The monoisotopic (exact) mass is 626 g/mol. The first-order valence-corrected chi connectivity index (χ1v) is 13.2. The van der Waals surface area contributed by atoms with Crippen LogP contribution in [0.4, 0.5) is 10.5 Å². The van der Waals surface area contributed by atoms with Crippen LogP contribution in [-0.2, 0) is 16.2 Å². The lowest BCUT2D eigenvalue weighted by Gasteiger charge is -2.26. The molecule has 0 aliphatic carbocycles. The summed E-state index contributed by atoms with van der Waals surface area (Å²) in [7, 11) is 0. The second-order valence-electron chi connectivity index (χ2n) is 8.42. The Hall–Kier alpha value is -3.86. The first kappa shape index (κ1) is 27.2. The van der Waals surface area contributed by atoms with Crippen LogP contribution < -0.4 is 24.4 Å². The number of benzene rings is 3. The van der Waals surface area contributed by atoms with Gasteiger partial charge in [0, 0.05) is 0 Å². The van der Waals surface area contributed by atoms with E-state index in [0.717, 1.165) is 14.0 Å². The largest absolute Gasteiger partial charge is 0.490 e. The number of anilines is 1. The highest BCUT2D eigenvalue weighted by Gasteiger charge is 2.37.